The molecule has 0 aliphatic rings. The fourth-order valence-electron chi connectivity index (χ4n) is 2.43. The van der Waals surface area contributed by atoms with Gasteiger partial charge in [0, 0.05) is 18.2 Å². The van der Waals surface area contributed by atoms with Crippen molar-refractivity contribution in [3.05, 3.63) is 87.6 Å². The van der Waals surface area contributed by atoms with Gasteiger partial charge in [-0.05, 0) is 29.8 Å². The molecule has 0 saturated carbocycles. The van der Waals surface area contributed by atoms with Crippen LogP contribution in [-0.4, -0.2) is 15.9 Å². The molecule has 0 aliphatic heterocycles. The van der Waals surface area contributed by atoms with E-state index < -0.39 is 29.0 Å². The molecule has 0 atom stereocenters. The summed E-state index contributed by atoms with van der Waals surface area (Å²) in [5.41, 5.74) is -0.867. The molecule has 1 amide bonds. The van der Waals surface area contributed by atoms with E-state index in [1.165, 1.54) is 30.3 Å². The van der Waals surface area contributed by atoms with Crippen LogP contribution >= 0.6 is 0 Å². The highest BCUT2D eigenvalue weighted by Crippen LogP contribution is 2.29. The van der Waals surface area contributed by atoms with Gasteiger partial charge in [-0.3, -0.25) is 9.59 Å². The van der Waals surface area contributed by atoms with Gasteiger partial charge in [-0.15, -0.1) is 0 Å². The number of alkyl halides is 3. The maximum Gasteiger partial charge on any atom is 0.416 e. The zero-order valence-corrected chi connectivity index (χ0v) is 14.2. The van der Waals surface area contributed by atoms with Gasteiger partial charge in [0.2, 0.25) is 0 Å². The fraction of sp³-hybridized carbons (Fsp3) is 0.105. The van der Waals surface area contributed by atoms with Crippen molar-refractivity contribution in [3.63, 3.8) is 0 Å². The van der Waals surface area contributed by atoms with Crippen molar-refractivity contribution in [2.45, 2.75) is 12.7 Å². The number of rotatable bonds is 4. The van der Waals surface area contributed by atoms with Gasteiger partial charge in [0.15, 0.2) is 0 Å². The van der Waals surface area contributed by atoms with E-state index >= 15 is 0 Å². The summed E-state index contributed by atoms with van der Waals surface area (Å²) in [4.78, 5) is 30.5. The summed E-state index contributed by atoms with van der Waals surface area (Å²) in [6.07, 6.45) is -4.44. The van der Waals surface area contributed by atoms with E-state index in [0.29, 0.717) is 5.56 Å². The number of nitrogens with zero attached hydrogens (tertiary/aromatic N) is 1. The molecule has 1 heterocycles. The lowest BCUT2D eigenvalue weighted by Gasteiger charge is -2.09. The summed E-state index contributed by atoms with van der Waals surface area (Å²) in [5, 5.41) is 2.48. The standard InChI is InChI=1S/C19H13F4N3O2/c20-14-3-1-2-12(8-14)17-25-15(9-16(27)26-17)18(28)24-10-11-4-6-13(7-5-11)19(21,22)23/h1-9H,10H2,(H,24,28)(H,25,26,27). The molecule has 144 valence electrons. The van der Waals surface area contributed by atoms with Crippen LogP contribution in [0.15, 0.2) is 59.4 Å². The van der Waals surface area contributed by atoms with Crippen LogP contribution in [0.1, 0.15) is 21.6 Å². The average molecular weight is 391 g/mol. The zero-order chi connectivity index (χ0) is 20.3. The van der Waals surface area contributed by atoms with E-state index in [-0.39, 0.29) is 23.6 Å². The summed E-state index contributed by atoms with van der Waals surface area (Å²) in [6.45, 7) is -0.0548. The third kappa shape index (κ3) is 4.61. The molecule has 28 heavy (non-hydrogen) atoms. The van der Waals surface area contributed by atoms with Crippen molar-refractivity contribution in [2.24, 2.45) is 0 Å². The Balaban J connectivity index is 1.75. The highest BCUT2D eigenvalue weighted by molar-refractivity contribution is 5.92. The highest BCUT2D eigenvalue weighted by Gasteiger charge is 2.29. The number of aromatic nitrogens is 2. The van der Waals surface area contributed by atoms with Gasteiger partial charge in [0.05, 0.1) is 5.56 Å². The van der Waals surface area contributed by atoms with Crippen molar-refractivity contribution in [2.75, 3.05) is 0 Å². The van der Waals surface area contributed by atoms with Crippen LogP contribution in [0.2, 0.25) is 0 Å². The Labute approximate surface area is 156 Å². The predicted molar refractivity (Wildman–Crippen MR) is 92.9 cm³/mol. The van der Waals surface area contributed by atoms with Crippen LogP contribution in [0, 0.1) is 5.82 Å². The van der Waals surface area contributed by atoms with Gasteiger partial charge in [-0.2, -0.15) is 13.2 Å². The molecular formula is C19H13F4N3O2. The second kappa shape index (κ2) is 7.63. The third-order valence-corrected chi connectivity index (χ3v) is 3.81. The Morgan fingerprint density at radius 3 is 2.43 bits per heavy atom. The molecule has 2 aromatic carbocycles. The number of H-pyrrole nitrogens is 1. The van der Waals surface area contributed by atoms with Crippen LogP contribution in [0.25, 0.3) is 11.4 Å². The van der Waals surface area contributed by atoms with E-state index in [1.807, 2.05) is 0 Å². The van der Waals surface area contributed by atoms with E-state index in [1.54, 1.807) is 0 Å². The average Bonchev–Trinajstić information content (AvgIpc) is 2.65. The summed E-state index contributed by atoms with van der Waals surface area (Å²) in [7, 11) is 0. The number of hydrogen-bond acceptors (Lipinski definition) is 3. The van der Waals surface area contributed by atoms with Crippen LogP contribution in [0.5, 0.6) is 0 Å². The van der Waals surface area contributed by atoms with Crippen LogP contribution in [0.3, 0.4) is 0 Å². The molecule has 3 aromatic rings. The lowest BCUT2D eigenvalue weighted by atomic mass is 10.1. The summed E-state index contributed by atoms with van der Waals surface area (Å²) in [6, 6.07) is 10.6. The van der Waals surface area contributed by atoms with Crippen molar-refractivity contribution in [1.29, 1.82) is 0 Å². The van der Waals surface area contributed by atoms with Crippen molar-refractivity contribution >= 4 is 5.91 Å². The topological polar surface area (TPSA) is 74.8 Å². The lowest BCUT2D eigenvalue weighted by Crippen LogP contribution is -2.26. The number of benzene rings is 2. The largest absolute Gasteiger partial charge is 0.416 e. The maximum atomic E-state index is 13.4. The number of carbonyl (C=O) groups is 1. The smallest absolute Gasteiger partial charge is 0.347 e. The van der Waals surface area contributed by atoms with Gasteiger partial charge in [0.1, 0.15) is 17.3 Å². The van der Waals surface area contributed by atoms with E-state index in [0.717, 1.165) is 24.3 Å². The molecule has 2 N–H and O–H groups in total. The third-order valence-electron chi connectivity index (χ3n) is 3.81. The summed E-state index contributed by atoms with van der Waals surface area (Å²) < 4.78 is 51.0. The second-order valence-corrected chi connectivity index (χ2v) is 5.87. The zero-order valence-electron chi connectivity index (χ0n) is 14.2. The maximum absolute atomic E-state index is 13.4. The minimum atomic E-state index is -4.44. The Morgan fingerprint density at radius 1 is 1.07 bits per heavy atom. The van der Waals surface area contributed by atoms with Crippen molar-refractivity contribution in [3.8, 4) is 11.4 Å². The second-order valence-electron chi connectivity index (χ2n) is 5.87. The molecular weight excluding hydrogens is 378 g/mol. The molecule has 0 radical (unpaired) electrons. The first-order chi connectivity index (χ1) is 13.2. The molecule has 0 saturated heterocycles. The number of carbonyl (C=O) groups excluding carboxylic acids is 1. The Kier molecular flexibility index (Phi) is 5.25. The molecule has 3 rings (SSSR count). The fourth-order valence-corrected chi connectivity index (χ4v) is 2.43. The number of amides is 1. The van der Waals surface area contributed by atoms with Crippen molar-refractivity contribution in [1.82, 2.24) is 15.3 Å². The van der Waals surface area contributed by atoms with E-state index in [4.69, 9.17) is 0 Å². The number of halogens is 4. The quantitative estimate of drug-likeness (QED) is 0.669. The molecule has 0 aliphatic carbocycles. The van der Waals surface area contributed by atoms with Crippen LogP contribution in [0.4, 0.5) is 17.6 Å². The summed E-state index contributed by atoms with van der Waals surface area (Å²) in [5.74, 6) is -1.20. The van der Waals surface area contributed by atoms with Gasteiger partial charge in [0.25, 0.3) is 11.5 Å². The number of aromatic amines is 1. The Morgan fingerprint density at radius 2 is 1.79 bits per heavy atom. The van der Waals surface area contributed by atoms with Gasteiger partial charge < -0.3 is 10.3 Å². The number of hydrogen-bond donors (Lipinski definition) is 2. The first-order valence-corrected chi connectivity index (χ1v) is 8.04. The molecule has 0 bridgehead atoms. The Hall–Kier alpha value is -3.49. The van der Waals surface area contributed by atoms with E-state index in [9.17, 15) is 27.2 Å². The van der Waals surface area contributed by atoms with Crippen LogP contribution < -0.4 is 10.9 Å². The van der Waals surface area contributed by atoms with Gasteiger partial charge in [-0.25, -0.2) is 9.37 Å². The SMILES string of the molecule is O=C(NCc1ccc(C(F)(F)F)cc1)c1cc(=O)[nH]c(-c2cccc(F)c2)n1. The predicted octanol–water partition coefficient (Wildman–Crippen LogP) is 3.52. The highest BCUT2D eigenvalue weighted by atomic mass is 19.4. The minimum absolute atomic E-state index is 0.0201. The molecule has 9 heteroatoms. The lowest BCUT2D eigenvalue weighted by molar-refractivity contribution is -0.137. The molecule has 5 nitrogen and oxygen atoms in total. The van der Waals surface area contributed by atoms with Crippen molar-refractivity contribution < 1.29 is 22.4 Å². The van der Waals surface area contributed by atoms with Gasteiger partial charge >= 0.3 is 6.18 Å². The van der Waals surface area contributed by atoms with E-state index in [2.05, 4.69) is 15.3 Å². The Bertz CT molecular complexity index is 1060. The normalized spacial score (nSPS) is 11.3. The molecule has 1 aromatic heterocycles. The minimum Gasteiger partial charge on any atom is -0.347 e. The first kappa shape index (κ1) is 19.3. The molecule has 0 unspecified atom stereocenters. The monoisotopic (exact) mass is 391 g/mol. The van der Waals surface area contributed by atoms with Crippen LogP contribution in [-0.2, 0) is 12.7 Å². The molecule has 0 fully saturated rings. The number of nitrogens with one attached hydrogen (secondary N) is 2. The molecule has 0 spiro atoms. The summed E-state index contributed by atoms with van der Waals surface area (Å²) >= 11 is 0. The van der Waals surface area contributed by atoms with Gasteiger partial charge in [-0.1, -0.05) is 24.3 Å². The first-order valence-electron chi connectivity index (χ1n) is 8.04.